The van der Waals surface area contributed by atoms with Crippen molar-refractivity contribution in [2.24, 2.45) is 5.92 Å². The van der Waals surface area contributed by atoms with Gasteiger partial charge in [0.1, 0.15) is 11.5 Å². The molecular weight excluding hydrogens is 418 g/mol. The maximum absolute atomic E-state index is 13.1. The van der Waals surface area contributed by atoms with E-state index in [9.17, 15) is 14.7 Å². The smallest absolute Gasteiger partial charge is 0.295 e. The highest BCUT2D eigenvalue weighted by Crippen LogP contribution is 2.39. The van der Waals surface area contributed by atoms with Crippen LogP contribution in [0.3, 0.4) is 0 Å². The summed E-state index contributed by atoms with van der Waals surface area (Å²) >= 11 is 0. The van der Waals surface area contributed by atoms with E-state index in [1.54, 1.807) is 53.7 Å². The molecule has 0 spiro atoms. The summed E-state index contributed by atoms with van der Waals surface area (Å²) < 4.78 is 5.71. The number of benzene rings is 1. The van der Waals surface area contributed by atoms with Crippen molar-refractivity contribution < 1.29 is 19.4 Å². The Balaban J connectivity index is 1.98. The molecule has 0 aliphatic carbocycles. The van der Waals surface area contributed by atoms with Gasteiger partial charge in [-0.25, -0.2) is 0 Å². The number of likely N-dealkylation sites (tertiary alicyclic amines) is 1. The number of aliphatic hydroxyl groups is 1. The average Bonchev–Trinajstić information content (AvgIpc) is 3.08. The van der Waals surface area contributed by atoms with Crippen molar-refractivity contribution in [1.82, 2.24) is 14.8 Å². The molecule has 1 amide bonds. The van der Waals surface area contributed by atoms with Gasteiger partial charge in [0.2, 0.25) is 0 Å². The van der Waals surface area contributed by atoms with Gasteiger partial charge in [0.05, 0.1) is 18.2 Å². The summed E-state index contributed by atoms with van der Waals surface area (Å²) in [6, 6.07) is 9.81. The third-order valence-electron chi connectivity index (χ3n) is 5.82. The third-order valence-corrected chi connectivity index (χ3v) is 5.82. The van der Waals surface area contributed by atoms with Crippen LogP contribution in [-0.4, -0.2) is 64.4 Å². The number of carbonyl (C=O) groups excluding carboxylic acids is 2. The van der Waals surface area contributed by atoms with E-state index in [1.165, 1.54) is 0 Å². The topological polar surface area (TPSA) is 83.0 Å². The summed E-state index contributed by atoms with van der Waals surface area (Å²) in [6.45, 7) is 11.6. The average molecular weight is 452 g/mol. The number of hydrogen-bond donors (Lipinski definition) is 1. The normalized spacial score (nSPS) is 17.9. The molecule has 1 aromatic carbocycles. The fourth-order valence-electron chi connectivity index (χ4n) is 3.92. The minimum absolute atomic E-state index is 0.0987. The highest BCUT2D eigenvalue weighted by molar-refractivity contribution is 6.46. The van der Waals surface area contributed by atoms with E-state index >= 15 is 0 Å². The van der Waals surface area contributed by atoms with E-state index in [1.807, 2.05) is 0 Å². The molecule has 0 unspecified atom stereocenters. The zero-order valence-corrected chi connectivity index (χ0v) is 19.8. The Morgan fingerprint density at radius 3 is 2.30 bits per heavy atom. The molecule has 33 heavy (non-hydrogen) atoms. The molecular formula is C26H33N3O4. The van der Waals surface area contributed by atoms with Crippen LogP contribution < -0.4 is 4.74 Å². The number of likely N-dealkylation sites (N-methyl/N-ethyl adjacent to an activating group) is 1. The van der Waals surface area contributed by atoms with E-state index in [-0.39, 0.29) is 11.3 Å². The Labute approximate surface area is 195 Å². The van der Waals surface area contributed by atoms with Crippen LogP contribution in [0, 0.1) is 5.92 Å². The summed E-state index contributed by atoms with van der Waals surface area (Å²) in [4.78, 5) is 33.9. The fraction of sp³-hybridized carbons (Fsp3) is 0.423. The van der Waals surface area contributed by atoms with E-state index in [0.29, 0.717) is 36.9 Å². The van der Waals surface area contributed by atoms with Gasteiger partial charge < -0.3 is 19.6 Å². The van der Waals surface area contributed by atoms with Gasteiger partial charge in [-0.2, -0.15) is 0 Å². The number of Topliss-reactive ketones (excluding diaryl/α,β-unsaturated/α-hetero) is 1. The van der Waals surface area contributed by atoms with Gasteiger partial charge in [-0.1, -0.05) is 27.7 Å². The summed E-state index contributed by atoms with van der Waals surface area (Å²) in [7, 11) is 0. The minimum atomic E-state index is -0.672. The summed E-state index contributed by atoms with van der Waals surface area (Å²) in [6.07, 6.45) is 3.25. The summed E-state index contributed by atoms with van der Waals surface area (Å²) in [5.74, 6) is -0.372. The van der Waals surface area contributed by atoms with Crippen molar-refractivity contribution in [2.45, 2.75) is 33.7 Å². The lowest BCUT2D eigenvalue weighted by Crippen LogP contribution is -2.38. The molecule has 1 aliphatic heterocycles. The molecule has 1 N–H and O–H groups in total. The maximum atomic E-state index is 13.1. The van der Waals surface area contributed by atoms with Crippen molar-refractivity contribution in [1.29, 1.82) is 0 Å². The third kappa shape index (κ3) is 5.60. The zero-order valence-electron chi connectivity index (χ0n) is 19.8. The fourth-order valence-corrected chi connectivity index (χ4v) is 3.92. The van der Waals surface area contributed by atoms with Gasteiger partial charge in [0, 0.05) is 31.0 Å². The predicted molar refractivity (Wildman–Crippen MR) is 128 cm³/mol. The van der Waals surface area contributed by atoms with E-state index in [0.717, 1.165) is 18.7 Å². The Bertz CT molecular complexity index is 982. The molecule has 1 saturated heterocycles. The second-order valence-corrected chi connectivity index (χ2v) is 8.53. The Morgan fingerprint density at radius 1 is 1.09 bits per heavy atom. The maximum Gasteiger partial charge on any atom is 0.295 e. The minimum Gasteiger partial charge on any atom is -0.507 e. The molecule has 7 nitrogen and oxygen atoms in total. The molecule has 1 aromatic heterocycles. The first-order valence-corrected chi connectivity index (χ1v) is 11.5. The standard InChI is InChI=1S/C26H33N3O4/c1-5-28(6-2)15-16-29-23(19-11-13-27-14-12-19)22(25(31)26(29)32)24(30)20-7-9-21(10-8-20)33-17-18(3)4/h7-14,18,23,30H,5-6,15-17H2,1-4H3/b24-22-/t23-/m1/s1. The summed E-state index contributed by atoms with van der Waals surface area (Å²) in [5, 5.41) is 11.1. The van der Waals surface area contributed by atoms with Crippen LogP contribution in [-0.2, 0) is 9.59 Å². The van der Waals surface area contributed by atoms with E-state index < -0.39 is 17.7 Å². The van der Waals surface area contributed by atoms with Crippen LogP contribution in [0.25, 0.3) is 5.76 Å². The number of aromatic nitrogens is 1. The van der Waals surface area contributed by atoms with Crippen molar-refractivity contribution in [2.75, 3.05) is 32.8 Å². The molecule has 3 rings (SSSR count). The molecule has 0 saturated carbocycles. The van der Waals surface area contributed by atoms with Gasteiger partial charge in [-0.15, -0.1) is 0 Å². The van der Waals surface area contributed by atoms with Crippen LogP contribution in [0.1, 0.15) is 44.9 Å². The van der Waals surface area contributed by atoms with Crippen molar-refractivity contribution in [3.63, 3.8) is 0 Å². The van der Waals surface area contributed by atoms with Crippen molar-refractivity contribution in [3.05, 3.63) is 65.5 Å². The number of nitrogens with zero attached hydrogens (tertiary/aromatic N) is 3. The molecule has 1 aliphatic rings. The first-order valence-electron chi connectivity index (χ1n) is 11.5. The molecule has 7 heteroatoms. The zero-order chi connectivity index (χ0) is 24.0. The predicted octanol–water partition coefficient (Wildman–Crippen LogP) is 3.88. The van der Waals surface area contributed by atoms with Crippen LogP contribution in [0.15, 0.2) is 54.4 Å². The van der Waals surface area contributed by atoms with Crippen LogP contribution in [0.2, 0.25) is 0 Å². The number of pyridine rings is 1. The Kier molecular flexibility index (Phi) is 8.22. The SMILES string of the molecule is CCN(CC)CCN1C(=O)C(=O)/C(=C(\O)c2ccc(OCC(C)C)cc2)[C@H]1c1ccncc1. The van der Waals surface area contributed by atoms with Crippen molar-refractivity contribution in [3.8, 4) is 5.75 Å². The highest BCUT2D eigenvalue weighted by Gasteiger charge is 2.45. The lowest BCUT2D eigenvalue weighted by molar-refractivity contribution is -0.140. The largest absolute Gasteiger partial charge is 0.507 e. The summed E-state index contributed by atoms with van der Waals surface area (Å²) in [5.41, 5.74) is 1.30. The van der Waals surface area contributed by atoms with E-state index in [2.05, 4.69) is 37.6 Å². The number of amides is 1. The van der Waals surface area contributed by atoms with Crippen molar-refractivity contribution >= 4 is 17.4 Å². The van der Waals surface area contributed by atoms with Gasteiger partial charge in [0.25, 0.3) is 11.7 Å². The highest BCUT2D eigenvalue weighted by atomic mass is 16.5. The van der Waals surface area contributed by atoms with E-state index in [4.69, 9.17) is 4.74 Å². The quantitative estimate of drug-likeness (QED) is 0.335. The number of ketones is 1. The molecule has 1 fully saturated rings. The van der Waals surface area contributed by atoms with Gasteiger partial charge >= 0.3 is 0 Å². The lowest BCUT2D eigenvalue weighted by Gasteiger charge is -2.28. The molecule has 176 valence electrons. The number of ether oxygens (including phenoxy) is 1. The first kappa shape index (κ1) is 24.5. The molecule has 1 atom stereocenters. The number of carbonyl (C=O) groups is 2. The van der Waals surface area contributed by atoms with Crippen LogP contribution in [0.5, 0.6) is 5.75 Å². The molecule has 2 heterocycles. The number of aliphatic hydroxyl groups excluding tert-OH is 1. The first-order chi connectivity index (χ1) is 15.9. The molecule has 2 aromatic rings. The van der Waals surface area contributed by atoms with Crippen LogP contribution in [0.4, 0.5) is 0 Å². The Hall–Kier alpha value is -3.19. The van der Waals surface area contributed by atoms with Gasteiger partial charge in [-0.3, -0.25) is 14.6 Å². The van der Waals surface area contributed by atoms with Crippen LogP contribution >= 0.6 is 0 Å². The molecule has 0 radical (unpaired) electrons. The van der Waals surface area contributed by atoms with Gasteiger partial charge in [0.15, 0.2) is 0 Å². The second kappa shape index (κ2) is 11.1. The second-order valence-electron chi connectivity index (χ2n) is 8.53. The monoisotopic (exact) mass is 451 g/mol. The number of hydrogen-bond acceptors (Lipinski definition) is 6. The molecule has 0 bridgehead atoms. The number of rotatable bonds is 10. The lowest BCUT2D eigenvalue weighted by atomic mass is 9.96. The Morgan fingerprint density at radius 2 is 1.73 bits per heavy atom. The van der Waals surface area contributed by atoms with Gasteiger partial charge in [-0.05, 0) is 61.0 Å².